The minimum absolute atomic E-state index is 0.736. The molecule has 1 N–H and O–H groups in total. The molecule has 27 heavy (non-hydrogen) atoms. The highest BCUT2D eigenvalue weighted by atomic mass is 35.5. The van der Waals surface area contributed by atoms with Gasteiger partial charge in [0.15, 0.2) is 0 Å². The number of hydrogen-bond acceptors (Lipinski definition) is 3. The number of benzene rings is 2. The fourth-order valence-electron chi connectivity index (χ4n) is 3.55. The van der Waals surface area contributed by atoms with Gasteiger partial charge in [0.05, 0.1) is 11.2 Å². The first-order valence-electron chi connectivity index (χ1n) is 9.58. The number of nitrogens with one attached hydrogen (secondary N) is 1. The Kier molecular flexibility index (Phi) is 5.71. The number of nitrogens with zero attached hydrogens (tertiary/aromatic N) is 2. The zero-order valence-corrected chi connectivity index (χ0v) is 16.1. The van der Waals surface area contributed by atoms with Crippen LogP contribution in [0, 0.1) is 0 Å². The largest absolute Gasteiger partial charge is 0.383 e. The van der Waals surface area contributed by atoms with E-state index < -0.39 is 0 Å². The van der Waals surface area contributed by atoms with Gasteiger partial charge in [-0.1, -0.05) is 48.0 Å². The average molecular weight is 378 g/mol. The van der Waals surface area contributed by atoms with Crippen LogP contribution < -0.4 is 5.32 Å². The second kappa shape index (κ2) is 8.55. The van der Waals surface area contributed by atoms with Gasteiger partial charge >= 0.3 is 0 Å². The van der Waals surface area contributed by atoms with Crippen molar-refractivity contribution in [3.8, 4) is 0 Å². The highest BCUT2D eigenvalue weighted by Gasteiger charge is 2.11. The number of pyridine rings is 1. The van der Waals surface area contributed by atoms with E-state index in [-0.39, 0.29) is 0 Å². The highest BCUT2D eigenvalue weighted by Crippen LogP contribution is 2.27. The maximum atomic E-state index is 6.23. The molecule has 0 atom stereocenters. The Morgan fingerprint density at radius 2 is 1.81 bits per heavy atom. The van der Waals surface area contributed by atoms with Crippen molar-refractivity contribution in [3.05, 3.63) is 70.9 Å². The van der Waals surface area contributed by atoms with Crippen molar-refractivity contribution in [1.29, 1.82) is 0 Å². The summed E-state index contributed by atoms with van der Waals surface area (Å²) < 4.78 is 0. The van der Waals surface area contributed by atoms with Crippen LogP contribution in [0.15, 0.2) is 54.6 Å². The molecule has 0 spiro atoms. The fourth-order valence-corrected chi connectivity index (χ4v) is 3.72. The molecule has 0 bridgehead atoms. The van der Waals surface area contributed by atoms with Crippen LogP contribution in [0.5, 0.6) is 0 Å². The molecule has 0 saturated carbocycles. The van der Waals surface area contributed by atoms with E-state index >= 15 is 0 Å². The van der Waals surface area contributed by atoms with E-state index in [2.05, 4.69) is 40.6 Å². The second-order valence-electron chi connectivity index (χ2n) is 6.98. The summed E-state index contributed by atoms with van der Waals surface area (Å²) in [4.78, 5) is 7.30. The van der Waals surface area contributed by atoms with Gasteiger partial charge in [0.25, 0.3) is 0 Å². The molecule has 4 heteroatoms. The molecule has 3 aromatic rings. The predicted molar refractivity (Wildman–Crippen MR) is 116 cm³/mol. The molecule has 1 aliphatic heterocycles. The minimum Gasteiger partial charge on any atom is -0.383 e. The number of likely N-dealkylation sites (tertiary alicyclic amines) is 1. The zero-order chi connectivity index (χ0) is 18.5. The van der Waals surface area contributed by atoms with Crippen LogP contribution in [-0.4, -0.2) is 36.1 Å². The van der Waals surface area contributed by atoms with Crippen LogP contribution in [0.4, 0.5) is 5.69 Å². The molecule has 0 unspecified atom stereocenters. The van der Waals surface area contributed by atoms with Gasteiger partial charge < -0.3 is 10.2 Å². The number of fused-ring (bicyclic) bond motifs is 1. The van der Waals surface area contributed by atoms with E-state index in [0.29, 0.717) is 0 Å². The Morgan fingerprint density at radius 3 is 2.63 bits per heavy atom. The summed E-state index contributed by atoms with van der Waals surface area (Å²) in [6.07, 6.45) is 6.80. The summed E-state index contributed by atoms with van der Waals surface area (Å²) in [6.45, 7) is 4.43. The third-order valence-electron chi connectivity index (χ3n) is 4.98. The summed E-state index contributed by atoms with van der Waals surface area (Å²) >= 11 is 6.23. The van der Waals surface area contributed by atoms with Gasteiger partial charge in [-0.25, -0.2) is 4.98 Å². The van der Waals surface area contributed by atoms with Gasteiger partial charge in [-0.3, -0.25) is 0 Å². The Balaban J connectivity index is 1.58. The maximum absolute atomic E-state index is 6.23. The average Bonchev–Trinajstić information content (AvgIpc) is 3.21. The summed E-state index contributed by atoms with van der Waals surface area (Å²) in [5.41, 5.74) is 4.16. The normalized spacial score (nSPS) is 15.0. The molecule has 138 valence electrons. The lowest BCUT2D eigenvalue weighted by Crippen LogP contribution is -2.26. The lowest BCUT2D eigenvalue weighted by Gasteiger charge is -2.16. The van der Waals surface area contributed by atoms with Crippen molar-refractivity contribution in [2.75, 3.05) is 31.5 Å². The van der Waals surface area contributed by atoms with Gasteiger partial charge in [0.1, 0.15) is 0 Å². The number of aromatic nitrogens is 1. The molecule has 1 aromatic heterocycles. The number of rotatable bonds is 6. The van der Waals surface area contributed by atoms with Crippen LogP contribution in [0.2, 0.25) is 5.02 Å². The Bertz CT molecular complexity index is 931. The summed E-state index contributed by atoms with van der Waals surface area (Å²) in [6, 6.07) is 18.3. The van der Waals surface area contributed by atoms with Crippen molar-refractivity contribution < 1.29 is 0 Å². The van der Waals surface area contributed by atoms with Crippen molar-refractivity contribution >= 4 is 40.3 Å². The SMILES string of the molecule is Clc1ccc2nc(/C=C/c3ccccc3)cc(NCCN3CCCC3)c2c1. The van der Waals surface area contributed by atoms with E-state index in [4.69, 9.17) is 16.6 Å². The quantitative estimate of drug-likeness (QED) is 0.609. The molecule has 1 saturated heterocycles. The first kappa shape index (κ1) is 18.0. The van der Waals surface area contributed by atoms with Crippen LogP contribution in [0.1, 0.15) is 24.1 Å². The zero-order valence-electron chi connectivity index (χ0n) is 15.4. The predicted octanol–water partition coefficient (Wildman–Crippen LogP) is 5.57. The van der Waals surface area contributed by atoms with Crippen molar-refractivity contribution in [2.24, 2.45) is 0 Å². The molecule has 2 aromatic carbocycles. The number of hydrogen-bond donors (Lipinski definition) is 1. The van der Waals surface area contributed by atoms with Crippen molar-refractivity contribution in [2.45, 2.75) is 12.8 Å². The van der Waals surface area contributed by atoms with Crippen molar-refractivity contribution in [3.63, 3.8) is 0 Å². The monoisotopic (exact) mass is 377 g/mol. The molecule has 3 nitrogen and oxygen atoms in total. The van der Waals surface area contributed by atoms with Gasteiger partial charge in [0.2, 0.25) is 0 Å². The maximum Gasteiger partial charge on any atom is 0.0731 e. The van der Waals surface area contributed by atoms with E-state index in [1.807, 2.05) is 36.4 Å². The number of halogens is 1. The van der Waals surface area contributed by atoms with E-state index in [9.17, 15) is 0 Å². The third-order valence-corrected chi connectivity index (χ3v) is 5.21. The lowest BCUT2D eigenvalue weighted by molar-refractivity contribution is 0.353. The summed E-state index contributed by atoms with van der Waals surface area (Å²) in [5.74, 6) is 0. The smallest absolute Gasteiger partial charge is 0.0731 e. The molecule has 2 heterocycles. The van der Waals surface area contributed by atoms with Crippen LogP contribution >= 0.6 is 11.6 Å². The fraction of sp³-hybridized carbons (Fsp3) is 0.261. The van der Waals surface area contributed by atoms with Crippen LogP contribution in [-0.2, 0) is 0 Å². The number of anilines is 1. The summed E-state index contributed by atoms with van der Waals surface area (Å²) in [7, 11) is 0. The van der Waals surface area contributed by atoms with E-state index in [0.717, 1.165) is 40.4 Å². The Labute approximate surface area is 165 Å². The van der Waals surface area contributed by atoms with Crippen LogP contribution in [0.25, 0.3) is 23.1 Å². The molecule has 1 aliphatic rings. The van der Waals surface area contributed by atoms with Gasteiger partial charge in [-0.05, 0) is 61.8 Å². The van der Waals surface area contributed by atoms with Crippen LogP contribution in [0.3, 0.4) is 0 Å². The molecule has 0 radical (unpaired) electrons. The Morgan fingerprint density at radius 1 is 1.00 bits per heavy atom. The molecule has 0 aliphatic carbocycles. The highest BCUT2D eigenvalue weighted by molar-refractivity contribution is 6.31. The lowest BCUT2D eigenvalue weighted by atomic mass is 10.1. The van der Waals surface area contributed by atoms with Crippen molar-refractivity contribution in [1.82, 2.24) is 9.88 Å². The van der Waals surface area contributed by atoms with E-state index in [1.165, 1.54) is 31.5 Å². The molecular formula is C23H24ClN3. The molecule has 4 rings (SSSR count). The molecule has 1 fully saturated rings. The van der Waals surface area contributed by atoms with Gasteiger partial charge in [0, 0.05) is 29.2 Å². The first-order valence-corrected chi connectivity index (χ1v) is 9.95. The second-order valence-corrected chi connectivity index (χ2v) is 7.41. The molecule has 0 amide bonds. The summed E-state index contributed by atoms with van der Waals surface area (Å²) in [5, 5.41) is 5.41. The standard InChI is InChI=1S/C23H24ClN3/c24-19-9-11-22-21(16-19)23(25-12-15-27-13-4-5-14-27)17-20(26-22)10-8-18-6-2-1-3-7-18/h1-3,6-11,16-17H,4-5,12-15H2,(H,25,26)/b10-8+. The topological polar surface area (TPSA) is 28.2 Å². The van der Waals surface area contributed by atoms with Gasteiger partial charge in [-0.15, -0.1) is 0 Å². The third kappa shape index (κ3) is 4.68. The Hall–Kier alpha value is -2.36. The van der Waals surface area contributed by atoms with Gasteiger partial charge in [-0.2, -0.15) is 0 Å². The van der Waals surface area contributed by atoms with E-state index in [1.54, 1.807) is 0 Å². The molecular weight excluding hydrogens is 354 g/mol. The first-order chi connectivity index (χ1) is 13.3. The minimum atomic E-state index is 0.736.